The van der Waals surface area contributed by atoms with Gasteiger partial charge in [-0.3, -0.25) is 4.79 Å². The number of hydrogen-bond donors (Lipinski definition) is 0. The van der Waals surface area contributed by atoms with Crippen molar-refractivity contribution < 1.29 is 9.53 Å². The van der Waals surface area contributed by atoms with E-state index in [1.54, 1.807) is 6.08 Å². The second-order valence-electron chi connectivity index (χ2n) is 5.61. The third-order valence-electron chi connectivity index (χ3n) is 3.36. The van der Waals surface area contributed by atoms with Gasteiger partial charge < -0.3 is 9.64 Å². The Morgan fingerprint density at radius 1 is 1.25 bits per heavy atom. The van der Waals surface area contributed by atoms with Crippen LogP contribution in [-0.4, -0.2) is 37.1 Å². The molecule has 0 aromatic heterocycles. The molecular formula is C17H23NO2. The van der Waals surface area contributed by atoms with Gasteiger partial charge in [-0.25, -0.2) is 0 Å². The van der Waals surface area contributed by atoms with Crippen LogP contribution in [0.2, 0.25) is 0 Å². The van der Waals surface area contributed by atoms with E-state index in [1.165, 1.54) is 5.56 Å². The maximum atomic E-state index is 12.0. The molecule has 1 fully saturated rings. The van der Waals surface area contributed by atoms with Crippen LogP contribution in [0, 0.1) is 5.92 Å². The van der Waals surface area contributed by atoms with Gasteiger partial charge in [0.05, 0.1) is 13.2 Å². The quantitative estimate of drug-likeness (QED) is 0.789. The Balaban J connectivity index is 1.91. The van der Waals surface area contributed by atoms with Gasteiger partial charge in [-0.2, -0.15) is 0 Å². The van der Waals surface area contributed by atoms with E-state index in [4.69, 9.17) is 4.74 Å². The molecule has 1 aromatic rings. The Labute approximate surface area is 121 Å². The van der Waals surface area contributed by atoms with E-state index in [-0.39, 0.29) is 5.91 Å². The third kappa shape index (κ3) is 4.49. The fourth-order valence-electron chi connectivity index (χ4n) is 2.29. The highest BCUT2D eigenvalue weighted by molar-refractivity contribution is 5.91. The van der Waals surface area contributed by atoms with Crippen molar-refractivity contribution in [1.29, 1.82) is 0 Å². The van der Waals surface area contributed by atoms with Gasteiger partial charge in [-0.15, -0.1) is 0 Å². The van der Waals surface area contributed by atoms with Gasteiger partial charge in [-0.1, -0.05) is 38.1 Å². The van der Waals surface area contributed by atoms with Crippen molar-refractivity contribution >= 4 is 12.0 Å². The Bertz CT molecular complexity index is 456. The molecule has 3 nitrogen and oxygen atoms in total. The average Bonchev–Trinajstić information content (AvgIpc) is 2.46. The van der Waals surface area contributed by atoms with Crippen LogP contribution in [0.5, 0.6) is 0 Å². The van der Waals surface area contributed by atoms with Crippen LogP contribution in [0.1, 0.15) is 25.0 Å². The molecule has 1 aromatic carbocycles. The zero-order valence-corrected chi connectivity index (χ0v) is 12.3. The fraction of sp³-hybridized carbons (Fsp3) is 0.471. The monoisotopic (exact) mass is 273 g/mol. The van der Waals surface area contributed by atoms with Gasteiger partial charge >= 0.3 is 0 Å². The minimum absolute atomic E-state index is 0.0690. The third-order valence-corrected chi connectivity index (χ3v) is 3.36. The Hall–Kier alpha value is -1.61. The average molecular weight is 273 g/mol. The SMILES string of the molecule is CC(C)Cc1ccc(C=CC(=O)N2CCOCC2)cc1. The van der Waals surface area contributed by atoms with Crippen molar-refractivity contribution in [2.45, 2.75) is 20.3 Å². The van der Waals surface area contributed by atoms with Gasteiger partial charge in [0.15, 0.2) is 0 Å². The number of hydrogen-bond acceptors (Lipinski definition) is 2. The summed E-state index contributed by atoms with van der Waals surface area (Å²) in [7, 11) is 0. The van der Waals surface area contributed by atoms with Crippen molar-refractivity contribution in [1.82, 2.24) is 4.90 Å². The molecule has 108 valence electrons. The first kappa shape index (κ1) is 14.8. The Kier molecular flexibility index (Phi) is 5.36. The van der Waals surface area contributed by atoms with Crippen LogP contribution in [-0.2, 0) is 16.0 Å². The van der Waals surface area contributed by atoms with E-state index in [0.29, 0.717) is 32.2 Å². The Morgan fingerprint density at radius 3 is 2.50 bits per heavy atom. The molecule has 1 aliphatic heterocycles. The summed E-state index contributed by atoms with van der Waals surface area (Å²) in [6.07, 6.45) is 4.64. The van der Waals surface area contributed by atoms with Crippen molar-refractivity contribution in [3.63, 3.8) is 0 Å². The number of morpholine rings is 1. The maximum Gasteiger partial charge on any atom is 0.246 e. The number of rotatable bonds is 4. The topological polar surface area (TPSA) is 29.5 Å². The smallest absolute Gasteiger partial charge is 0.246 e. The minimum atomic E-state index is 0.0690. The van der Waals surface area contributed by atoms with Crippen LogP contribution in [0.4, 0.5) is 0 Å². The van der Waals surface area contributed by atoms with Crippen LogP contribution in [0.25, 0.3) is 6.08 Å². The summed E-state index contributed by atoms with van der Waals surface area (Å²) in [5.74, 6) is 0.735. The molecule has 2 rings (SSSR count). The van der Waals surface area contributed by atoms with Crippen molar-refractivity contribution in [3.8, 4) is 0 Å². The van der Waals surface area contributed by atoms with Gasteiger partial charge in [0.1, 0.15) is 0 Å². The fourth-order valence-corrected chi connectivity index (χ4v) is 2.29. The standard InChI is InChI=1S/C17H23NO2/c1-14(2)13-16-5-3-15(4-6-16)7-8-17(19)18-9-11-20-12-10-18/h3-8,14H,9-13H2,1-2H3. The summed E-state index contributed by atoms with van der Waals surface area (Å²) >= 11 is 0. The second kappa shape index (κ2) is 7.25. The first-order valence-electron chi connectivity index (χ1n) is 7.29. The van der Waals surface area contributed by atoms with E-state index in [1.807, 2.05) is 11.0 Å². The minimum Gasteiger partial charge on any atom is -0.378 e. The highest BCUT2D eigenvalue weighted by atomic mass is 16.5. The first-order chi connectivity index (χ1) is 9.65. The number of carbonyl (C=O) groups excluding carboxylic acids is 1. The second-order valence-corrected chi connectivity index (χ2v) is 5.61. The number of nitrogens with zero attached hydrogens (tertiary/aromatic N) is 1. The molecule has 0 radical (unpaired) electrons. The van der Waals surface area contributed by atoms with E-state index in [9.17, 15) is 4.79 Å². The van der Waals surface area contributed by atoms with Crippen LogP contribution < -0.4 is 0 Å². The lowest BCUT2D eigenvalue weighted by atomic mass is 10.0. The molecule has 1 amide bonds. The maximum absolute atomic E-state index is 12.0. The summed E-state index contributed by atoms with van der Waals surface area (Å²) < 4.78 is 5.24. The van der Waals surface area contributed by atoms with Gasteiger partial charge in [0.25, 0.3) is 0 Å². The highest BCUT2D eigenvalue weighted by Crippen LogP contribution is 2.11. The molecule has 0 unspecified atom stereocenters. The number of carbonyl (C=O) groups is 1. The summed E-state index contributed by atoms with van der Waals surface area (Å²) in [6.45, 7) is 7.10. The van der Waals surface area contributed by atoms with Crippen molar-refractivity contribution in [3.05, 3.63) is 41.5 Å². The first-order valence-corrected chi connectivity index (χ1v) is 7.29. The van der Waals surface area contributed by atoms with Gasteiger partial charge in [0, 0.05) is 19.2 Å². The van der Waals surface area contributed by atoms with Crippen LogP contribution in [0.15, 0.2) is 30.3 Å². The predicted molar refractivity (Wildman–Crippen MR) is 81.4 cm³/mol. The van der Waals surface area contributed by atoms with Crippen LogP contribution >= 0.6 is 0 Å². The van der Waals surface area contributed by atoms with Crippen molar-refractivity contribution in [2.75, 3.05) is 26.3 Å². The highest BCUT2D eigenvalue weighted by Gasteiger charge is 2.13. The summed E-state index contributed by atoms with van der Waals surface area (Å²) in [4.78, 5) is 13.8. The molecule has 1 aliphatic rings. The van der Waals surface area contributed by atoms with Crippen LogP contribution in [0.3, 0.4) is 0 Å². The van der Waals surface area contributed by atoms with E-state index in [0.717, 1.165) is 12.0 Å². The lowest BCUT2D eigenvalue weighted by molar-refractivity contribution is -0.129. The number of benzene rings is 1. The lowest BCUT2D eigenvalue weighted by Gasteiger charge is -2.25. The molecule has 0 saturated carbocycles. The predicted octanol–water partition coefficient (Wildman–Crippen LogP) is 2.76. The molecular weight excluding hydrogens is 250 g/mol. The summed E-state index contributed by atoms with van der Waals surface area (Å²) in [5.41, 5.74) is 2.41. The molecule has 3 heteroatoms. The largest absolute Gasteiger partial charge is 0.378 e. The molecule has 0 N–H and O–H groups in total. The summed E-state index contributed by atoms with van der Waals surface area (Å²) in [5, 5.41) is 0. The molecule has 0 aliphatic carbocycles. The van der Waals surface area contributed by atoms with Gasteiger partial charge in [0.2, 0.25) is 5.91 Å². The Morgan fingerprint density at radius 2 is 1.90 bits per heavy atom. The van der Waals surface area contributed by atoms with E-state index in [2.05, 4.69) is 38.1 Å². The normalized spacial score (nSPS) is 16.1. The lowest BCUT2D eigenvalue weighted by Crippen LogP contribution is -2.39. The zero-order valence-electron chi connectivity index (χ0n) is 12.3. The van der Waals surface area contributed by atoms with Gasteiger partial charge in [-0.05, 0) is 29.5 Å². The molecule has 1 heterocycles. The zero-order chi connectivity index (χ0) is 14.4. The molecule has 20 heavy (non-hydrogen) atoms. The molecule has 0 atom stereocenters. The number of amides is 1. The summed E-state index contributed by atoms with van der Waals surface area (Å²) in [6, 6.07) is 8.42. The van der Waals surface area contributed by atoms with E-state index >= 15 is 0 Å². The number of ether oxygens (including phenoxy) is 1. The molecule has 0 bridgehead atoms. The molecule has 1 saturated heterocycles. The van der Waals surface area contributed by atoms with E-state index < -0.39 is 0 Å². The van der Waals surface area contributed by atoms with Crippen molar-refractivity contribution in [2.24, 2.45) is 5.92 Å². The molecule has 0 spiro atoms.